The van der Waals surface area contributed by atoms with Gasteiger partial charge in [-0.25, -0.2) is 8.42 Å². The number of nitrogens with zero attached hydrogens (tertiary/aromatic N) is 1. The lowest BCUT2D eigenvalue weighted by Crippen LogP contribution is -2.26. The summed E-state index contributed by atoms with van der Waals surface area (Å²) in [6.07, 6.45) is 0.149. The maximum absolute atomic E-state index is 12.3. The Morgan fingerprint density at radius 2 is 1.96 bits per heavy atom. The van der Waals surface area contributed by atoms with Gasteiger partial charge in [-0.05, 0) is 26.0 Å². The molecule has 1 unspecified atom stereocenters. The lowest BCUT2D eigenvalue weighted by atomic mass is 10.1. The quantitative estimate of drug-likeness (QED) is 0.697. The lowest BCUT2D eigenvalue weighted by molar-refractivity contribution is -0.117. The number of hydrogen-bond donors (Lipinski definition) is 0. The molecule has 1 heterocycles. The maximum Gasteiger partial charge on any atom is 0.232 e. The molecule has 1 saturated heterocycles. The minimum absolute atomic E-state index is 0.148. The van der Waals surface area contributed by atoms with Gasteiger partial charge in [-0.2, -0.15) is 0 Å². The molecule has 0 radical (unpaired) electrons. The van der Waals surface area contributed by atoms with E-state index in [1.807, 2.05) is 13.8 Å². The molecular weight excluding hydrogens is 342 g/mol. The number of hydrogen-bond acceptors (Lipinski definition) is 5. The molecule has 0 saturated carbocycles. The number of rotatable bonds is 7. The van der Waals surface area contributed by atoms with E-state index in [0.717, 1.165) is 0 Å². The van der Waals surface area contributed by atoms with Crippen LogP contribution in [0.15, 0.2) is 18.2 Å². The van der Waals surface area contributed by atoms with Crippen LogP contribution in [0.5, 0.6) is 11.5 Å². The summed E-state index contributed by atoms with van der Waals surface area (Å²) in [6.45, 7) is 4.99. The maximum atomic E-state index is 12.3. The smallest absolute Gasteiger partial charge is 0.232 e. The molecule has 8 heteroatoms. The van der Waals surface area contributed by atoms with Crippen molar-refractivity contribution in [3.63, 3.8) is 0 Å². The Morgan fingerprint density at radius 1 is 1.26 bits per heavy atom. The fourth-order valence-electron chi connectivity index (χ4n) is 2.65. The van der Waals surface area contributed by atoms with E-state index in [-0.39, 0.29) is 24.0 Å². The second kappa shape index (κ2) is 7.40. The summed E-state index contributed by atoms with van der Waals surface area (Å²) in [7, 11) is 1.66. The van der Waals surface area contributed by atoms with Gasteiger partial charge in [-0.15, -0.1) is 0 Å². The van der Waals surface area contributed by atoms with Crippen molar-refractivity contribution in [3.05, 3.63) is 18.2 Å². The van der Waals surface area contributed by atoms with Crippen molar-refractivity contribution >= 4 is 31.3 Å². The first-order valence-electron chi connectivity index (χ1n) is 7.46. The molecule has 128 valence electrons. The van der Waals surface area contributed by atoms with E-state index in [1.165, 1.54) is 0 Å². The van der Waals surface area contributed by atoms with Crippen LogP contribution in [-0.2, 0) is 13.8 Å². The standard InChI is InChI=1S/C15H20ClNO5S/c1-3-21-12-5-6-14(22-4-2)13(8-12)17-9-11(7-15(17)18)10-23(16,19)20/h5-6,8,11H,3-4,7,9-10H2,1-2H3. The van der Waals surface area contributed by atoms with Crippen LogP contribution in [0.3, 0.4) is 0 Å². The number of benzene rings is 1. The van der Waals surface area contributed by atoms with Crippen molar-refractivity contribution in [1.29, 1.82) is 0 Å². The van der Waals surface area contributed by atoms with E-state index in [1.54, 1.807) is 23.1 Å². The molecule has 1 amide bonds. The average molecular weight is 362 g/mol. The van der Waals surface area contributed by atoms with Crippen LogP contribution in [0.1, 0.15) is 20.3 Å². The summed E-state index contributed by atoms with van der Waals surface area (Å²) in [4.78, 5) is 13.8. The molecule has 0 bridgehead atoms. The molecule has 1 aliphatic rings. The highest BCUT2D eigenvalue weighted by molar-refractivity contribution is 8.13. The van der Waals surface area contributed by atoms with E-state index in [9.17, 15) is 13.2 Å². The van der Waals surface area contributed by atoms with Crippen molar-refractivity contribution in [2.75, 3.05) is 30.4 Å². The van der Waals surface area contributed by atoms with Gasteiger partial charge in [0.2, 0.25) is 15.0 Å². The zero-order chi connectivity index (χ0) is 17.0. The van der Waals surface area contributed by atoms with Crippen molar-refractivity contribution in [2.24, 2.45) is 5.92 Å². The fraction of sp³-hybridized carbons (Fsp3) is 0.533. The van der Waals surface area contributed by atoms with E-state index in [0.29, 0.717) is 36.9 Å². The minimum atomic E-state index is -3.64. The molecular formula is C15H20ClNO5S. The van der Waals surface area contributed by atoms with E-state index in [2.05, 4.69) is 0 Å². The molecule has 1 aromatic carbocycles. The first kappa shape index (κ1) is 17.9. The molecule has 1 atom stereocenters. The van der Waals surface area contributed by atoms with Crippen molar-refractivity contribution in [1.82, 2.24) is 0 Å². The molecule has 0 aliphatic carbocycles. The third-order valence-electron chi connectivity index (χ3n) is 3.47. The van der Waals surface area contributed by atoms with Gasteiger partial charge in [-0.1, -0.05) is 0 Å². The summed E-state index contributed by atoms with van der Waals surface area (Å²) in [5.41, 5.74) is 0.595. The number of amides is 1. The fourth-order valence-corrected chi connectivity index (χ4v) is 3.97. The first-order chi connectivity index (χ1) is 10.8. The highest BCUT2D eigenvalue weighted by Crippen LogP contribution is 2.36. The van der Waals surface area contributed by atoms with Gasteiger partial charge in [0.1, 0.15) is 11.5 Å². The normalized spacial score (nSPS) is 18.3. The van der Waals surface area contributed by atoms with Crippen molar-refractivity contribution < 1.29 is 22.7 Å². The molecule has 1 aliphatic heterocycles. The van der Waals surface area contributed by atoms with E-state index >= 15 is 0 Å². The molecule has 0 N–H and O–H groups in total. The summed E-state index contributed by atoms with van der Waals surface area (Å²) >= 11 is 0. The number of anilines is 1. The van der Waals surface area contributed by atoms with E-state index in [4.69, 9.17) is 20.2 Å². The number of carbonyl (C=O) groups excluding carboxylic acids is 1. The monoisotopic (exact) mass is 361 g/mol. The largest absolute Gasteiger partial charge is 0.494 e. The van der Waals surface area contributed by atoms with Crippen molar-refractivity contribution in [2.45, 2.75) is 20.3 Å². The van der Waals surface area contributed by atoms with Gasteiger partial charge >= 0.3 is 0 Å². The minimum Gasteiger partial charge on any atom is -0.494 e. The first-order valence-corrected chi connectivity index (χ1v) is 9.94. The van der Waals surface area contributed by atoms with Crippen molar-refractivity contribution in [3.8, 4) is 11.5 Å². The van der Waals surface area contributed by atoms with Gasteiger partial charge in [0.15, 0.2) is 0 Å². The molecule has 2 rings (SSSR count). The van der Waals surface area contributed by atoms with Crippen LogP contribution in [0.25, 0.3) is 0 Å². The van der Waals surface area contributed by atoms with Gasteiger partial charge in [0, 0.05) is 35.6 Å². The molecule has 1 aromatic rings. The van der Waals surface area contributed by atoms with Crippen LogP contribution >= 0.6 is 10.7 Å². The van der Waals surface area contributed by atoms with Crippen LogP contribution in [0.2, 0.25) is 0 Å². The molecule has 23 heavy (non-hydrogen) atoms. The summed E-state index contributed by atoms with van der Waals surface area (Å²) in [6, 6.07) is 5.27. The molecule has 0 aromatic heterocycles. The number of halogens is 1. The predicted molar refractivity (Wildman–Crippen MR) is 88.9 cm³/mol. The lowest BCUT2D eigenvalue weighted by Gasteiger charge is -2.21. The Bertz CT molecular complexity index is 676. The Kier molecular flexibility index (Phi) is 5.75. The second-order valence-electron chi connectivity index (χ2n) is 5.28. The van der Waals surface area contributed by atoms with Crippen LogP contribution in [0, 0.1) is 5.92 Å². The van der Waals surface area contributed by atoms with Gasteiger partial charge in [0.05, 0.1) is 24.7 Å². The average Bonchev–Trinajstić information content (AvgIpc) is 2.79. The molecule has 6 nitrogen and oxygen atoms in total. The third-order valence-corrected chi connectivity index (χ3v) is 4.72. The number of ether oxygens (including phenoxy) is 2. The predicted octanol–water partition coefficient (Wildman–Crippen LogP) is 2.41. The van der Waals surface area contributed by atoms with Gasteiger partial charge in [0.25, 0.3) is 0 Å². The Balaban J connectivity index is 2.28. The third kappa shape index (κ3) is 4.75. The Morgan fingerprint density at radius 3 is 2.57 bits per heavy atom. The van der Waals surface area contributed by atoms with Gasteiger partial charge in [-0.3, -0.25) is 4.79 Å². The highest BCUT2D eigenvalue weighted by Gasteiger charge is 2.34. The summed E-state index contributed by atoms with van der Waals surface area (Å²) < 4.78 is 33.5. The summed E-state index contributed by atoms with van der Waals surface area (Å²) in [5, 5.41) is 0. The Hall–Kier alpha value is -1.47. The zero-order valence-corrected chi connectivity index (χ0v) is 14.7. The number of carbonyl (C=O) groups is 1. The SMILES string of the molecule is CCOc1ccc(OCC)c(N2CC(CS(=O)(=O)Cl)CC2=O)c1. The molecule has 1 fully saturated rings. The van der Waals surface area contributed by atoms with E-state index < -0.39 is 9.05 Å². The Labute approximate surface area is 140 Å². The summed E-state index contributed by atoms with van der Waals surface area (Å²) in [5.74, 6) is 0.511. The van der Waals surface area contributed by atoms with Crippen LogP contribution in [-0.4, -0.2) is 39.8 Å². The van der Waals surface area contributed by atoms with Crippen LogP contribution in [0.4, 0.5) is 5.69 Å². The molecule has 0 spiro atoms. The second-order valence-corrected chi connectivity index (χ2v) is 8.10. The topological polar surface area (TPSA) is 72.9 Å². The van der Waals surface area contributed by atoms with Crippen LogP contribution < -0.4 is 14.4 Å². The van der Waals surface area contributed by atoms with Gasteiger partial charge < -0.3 is 14.4 Å². The zero-order valence-electron chi connectivity index (χ0n) is 13.1. The highest BCUT2D eigenvalue weighted by atomic mass is 35.7.